The average molecular weight is 274 g/mol. The number of pyridine rings is 1. The Morgan fingerprint density at radius 3 is 2.84 bits per heavy atom. The van der Waals surface area contributed by atoms with Gasteiger partial charge in [-0.3, -0.25) is 4.98 Å². The molecule has 1 fully saturated rings. The van der Waals surface area contributed by atoms with E-state index in [0.717, 1.165) is 0 Å². The molecule has 0 aromatic carbocycles. The van der Waals surface area contributed by atoms with E-state index in [0.29, 0.717) is 13.0 Å². The van der Waals surface area contributed by atoms with Crippen LogP contribution in [0.4, 0.5) is 18.9 Å². The van der Waals surface area contributed by atoms with Crippen molar-refractivity contribution >= 4 is 11.7 Å². The summed E-state index contributed by atoms with van der Waals surface area (Å²) in [5.74, 6) is -2.57. The Kier molecular flexibility index (Phi) is 3.64. The molecule has 1 N–H and O–H groups in total. The fourth-order valence-electron chi connectivity index (χ4n) is 2.28. The lowest BCUT2D eigenvalue weighted by Gasteiger charge is -2.35. The molecule has 4 nitrogen and oxygen atoms in total. The zero-order valence-corrected chi connectivity index (χ0v) is 10.0. The van der Waals surface area contributed by atoms with E-state index in [4.69, 9.17) is 5.11 Å². The Morgan fingerprint density at radius 1 is 1.47 bits per heavy atom. The van der Waals surface area contributed by atoms with Gasteiger partial charge in [0.25, 0.3) is 0 Å². The normalized spacial score (nSPS) is 20.4. The topological polar surface area (TPSA) is 53.4 Å². The fraction of sp³-hybridized carbons (Fsp3) is 0.500. The zero-order valence-electron chi connectivity index (χ0n) is 10.0. The van der Waals surface area contributed by atoms with Crippen LogP contribution in [0, 0.1) is 5.92 Å². The maximum atomic E-state index is 12.7. The van der Waals surface area contributed by atoms with E-state index in [2.05, 4.69) is 4.98 Å². The van der Waals surface area contributed by atoms with Crippen LogP contribution in [0.15, 0.2) is 18.5 Å². The van der Waals surface area contributed by atoms with Gasteiger partial charge in [-0.2, -0.15) is 13.2 Å². The van der Waals surface area contributed by atoms with E-state index in [-0.39, 0.29) is 24.2 Å². The molecule has 2 heterocycles. The summed E-state index contributed by atoms with van der Waals surface area (Å²) in [7, 11) is 0. The molecule has 19 heavy (non-hydrogen) atoms. The molecule has 7 heteroatoms. The van der Waals surface area contributed by atoms with Gasteiger partial charge in [0.05, 0.1) is 23.4 Å². The number of hydrogen-bond acceptors (Lipinski definition) is 3. The van der Waals surface area contributed by atoms with E-state index < -0.39 is 18.1 Å². The molecule has 1 aliphatic heterocycles. The van der Waals surface area contributed by atoms with Crippen molar-refractivity contribution in [1.29, 1.82) is 0 Å². The van der Waals surface area contributed by atoms with Gasteiger partial charge in [0, 0.05) is 19.3 Å². The third kappa shape index (κ3) is 2.97. The SMILES string of the molecule is O=C(O)c1ccncc1N1CCCC(C(F)(F)F)C1. The fourth-order valence-corrected chi connectivity index (χ4v) is 2.28. The molecule has 0 saturated carbocycles. The van der Waals surface area contributed by atoms with Crippen molar-refractivity contribution in [1.82, 2.24) is 4.98 Å². The molecule has 104 valence electrons. The average Bonchev–Trinajstić information content (AvgIpc) is 2.38. The van der Waals surface area contributed by atoms with E-state index in [1.165, 1.54) is 23.4 Å². The molecule has 1 saturated heterocycles. The van der Waals surface area contributed by atoms with Crippen LogP contribution in [-0.4, -0.2) is 35.3 Å². The molecule has 0 aliphatic carbocycles. The molecule has 0 radical (unpaired) electrons. The Bertz CT molecular complexity index is 476. The van der Waals surface area contributed by atoms with Gasteiger partial charge in [-0.25, -0.2) is 4.79 Å². The lowest BCUT2D eigenvalue weighted by Crippen LogP contribution is -2.42. The van der Waals surface area contributed by atoms with Crippen molar-refractivity contribution < 1.29 is 23.1 Å². The number of aromatic carboxylic acids is 1. The molecule has 0 spiro atoms. The third-order valence-electron chi connectivity index (χ3n) is 3.26. The van der Waals surface area contributed by atoms with Gasteiger partial charge in [-0.15, -0.1) is 0 Å². The minimum atomic E-state index is -4.25. The van der Waals surface area contributed by atoms with Crippen LogP contribution < -0.4 is 4.90 Å². The van der Waals surface area contributed by atoms with Gasteiger partial charge < -0.3 is 10.0 Å². The van der Waals surface area contributed by atoms with Crippen LogP contribution in [-0.2, 0) is 0 Å². The number of piperidine rings is 1. The first-order chi connectivity index (χ1) is 8.89. The Balaban J connectivity index is 2.25. The number of anilines is 1. The third-order valence-corrected chi connectivity index (χ3v) is 3.26. The van der Waals surface area contributed by atoms with Crippen molar-refractivity contribution in [3.8, 4) is 0 Å². The summed E-state index contributed by atoms with van der Waals surface area (Å²) < 4.78 is 38.2. The predicted molar refractivity (Wildman–Crippen MR) is 62.2 cm³/mol. The highest BCUT2D eigenvalue weighted by Gasteiger charge is 2.42. The summed E-state index contributed by atoms with van der Waals surface area (Å²) in [4.78, 5) is 16.3. The smallest absolute Gasteiger partial charge is 0.393 e. The van der Waals surface area contributed by atoms with Crippen LogP contribution in [0.3, 0.4) is 0 Å². The molecule has 0 bridgehead atoms. The molecule has 2 rings (SSSR count). The number of carbonyl (C=O) groups is 1. The van der Waals surface area contributed by atoms with Crippen molar-refractivity contribution in [2.24, 2.45) is 5.92 Å². The van der Waals surface area contributed by atoms with Gasteiger partial charge in [-0.05, 0) is 18.9 Å². The zero-order chi connectivity index (χ0) is 14.0. The standard InChI is InChI=1S/C12H13F3N2O2/c13-12(14,15)8-2-1-5-17(7-8)10-6-16-4-3-9(10)11(18)19/h3-4,6,8H,1-2,5,7H2,(H,18,19). The van der Waals surface area contributed by atoms with Crippen LogP contribution in [0.5, 0.6) is 0 Å². The second-order valence-electron chi connectivity index (χ2n) is 4.52. The second kappa shape index (κ2) is 5.07. The highest BCUT2D eigenvalue weighted by molar-refractivity contribution is 5.94. The van der Waals surface area contributed by atoms with Crippen LogP contribution in [0.25, 0.3) is 0 Å². The Morgan fingerprint density at radius 2 is 2.21 bits per heavy atom. The first-order valence-electron chi connectivity index (χ1n) is 5.88. The van der Waals surface area contributed by atoms with Crippen LogP contribution in [0.1, 0.15) is 23.2 Å². The summed E-state index contributed by atoms with van der Waals surface area (Å²) in [5, 5.41) is 9.05. The highest BCUT2D eigenvalue weighted by Crippen LogP contribution is 2.35. The molecule has 0 amide bonds. The largest absolute Gasteiger partial charge is 0.478 e. The Hall–Kier alpha value is -1.79. The second-order valence-corrected chi connectivity index (χ2v) is 4.52. The maximum absolute atomic E-state index is 12.7. The number of alkyl halides is 3. The molecular weight excluding hydrogens is 261 g/mol. The maximum Gasteiger partial charge on any atom is 0.393 e. The van der Waals surface area contributed by atoms with E-state index >= 15 is 0 Å². The number of hydrogen-bond donors (Lipinski definition) is 1. The summed E-state index contributed by atoms with van der Waals surface area (Å²) in [6, 6.07) is 1.30. The molecule has 1 aromatic rings. The quantitative estimate of drug-likeness (QED) is 0.900. The van der Waals surface area contributed by atoms with Crippen molar-refractivity contribution in [2.75, 3.05) is 18.0 Å². The van der Waals surface area contributed by atoms with Crippen LogP contribution >= 0.6 is 0 Å². The number of aromatic nitrogens is 1. The first kappa shape index (κ1) is 13.6. The van der Waals surface area contributed by atoms with Gasteiger partial charge in [-0.1, -0.05) is 0 Å². The highest BCUT2D eigenvalue weighted by atomic mass is 19.4. The summed E-state index contributed by atoms with van der Waals surface area (Å²) in [6.45, 7) is 0.202. The van der Waals surface area contributed by atoms with Gasteiger partial charge in [0.15, 0.2) is 0 Å². The monoisotopic (exact) mass is 274 g/mol. The molecule has 1 aliphatic rings. The van der Waals surface area contributed by atoms with Gasteiger partial charge >= 0.3 is 12.1 Å². The molecule has 1 atom stereocenters. The summed E-state index contributed by atoms with van der Waals surface area (Å²) in [5.41, 5.74) is 0.238. The number of rotatable bonds is 2. The molecular formula is C12H13F3N2O2. The number of halogens is 3. The lowest BCUT2D eigenvalue weighted by molar-refractivity contribution is -0.175. The summed E-state index contributed by atoms with van der Waals surface area (Å²) in [6.07, 6.45) is -1.15. The van der Waals surface area contributed by atoms with Crippen molar-refractivity contribution in [3.05, 3.63) is 24.0 Å². The molecule has 1 unspecified atom stereocenters. The number of carboxylic acid groups (broad SMARTS) is 1. The van der Waals surface area contributed by atoms with Gasteiger partial charge in [0.1, 0.15) is 0 Å². The van der Waals surface area contributed by atoms with Crippen molar-refractivity contribution in [2.45, 2.75) is 19.0 Å². The molecule has 1 aromatic heterocycles. The van der Waals surface area contributed by atoms with Crippen molar-refractivity contribution in [3.63, 3.8) is 0 Å². The minimum absolute atomic E-state index is 0.0159. The van der Waals surface area contributed by atoms with E-state index in [1.807, 2.05) is 0 Å². The van der Waals surface area contributed by atoms with Gasteiger partial charge in [0.2, 0.25) is 0 Å². The lowest BCUT2D eigenvalue weighted by atomic mass is 9.96. The van der Waals surface area contributed by atoms with Crippen LogP contribution in [0.2, 0.25) is 0 Å². The summed E-state index contributed by atoms with van der Waals surface area (Å²) >= 11 is 0. The number of carboxylic acids is 1. The number of nitrogens with zero attached hydrogens (tertiary/aromatic N) is 2. The van der Waals surface area contributed by atoms with E-state index in [9.17, 15) is 18.0 Å². The van der Waals surface area contributed by atoms with E-state index in [1.54, 1.807) is 0 Å². The minimum Gasteiger partial charge on any atom is -0.478 e. The Labute approximate surface area is 107 Å². The first-order valence-corrected chi connectivity index (χ1v) is 5.88. The predicted octanol–water partition coefficient (Wildman–Crippen LogP) is 2.56.